The molecule has 0 bridgehead atoms. The molecule has 0 radical (unpaired) electrons. The SMILES string of the molecule is COc1ccc(C(C)=NNC(=O)c2cc(-c3cc(OC)ccc3OC)n[nH]2)cc1. The van der Waals surface area contributed by atoms with Crippen LogP contribution in [-0.4, -0.2) is 43.1 Å². The molecule has 1 heterocycles. The molecule has 0 aliphatic carbocycles. The monoisotopic (exact) mass is 394 g/mol. The minimum absolute atomic E-state index is 0.274. The number of methoxy groups -OCH3 is 3. The van der Waals surface area contributed by atoms with E-state index in [4.69, 9.17) is 14.2 Å². The summed E-state index contributed by atoms with van der Waals surface area (Å²) in [5, 5.41) is 11.1. The summed E-state index contributed by atoms with van der Waals surface area (Å²) in [5.74, 6) is 1.63. The molecule has 1 aromatic heterocycles. The Kier molecular flexibility index (Phi) is 6.13. The van der Waals surface area contributed by atoms with Crippen molar-refractivity contribution in [3.05, 3.63) is 59.8 Å². The van der Waals surface area contributed by atoms with Gasteiger partial charge in [0.15, 0.2) is 0 Å². The van der Waals surface area contributed by atoms with Gasteiger partial charge in [0.25, 0.3) is 5.91 Å². The molecule has 3 aromatic rings. The quantitative estimate of drug-likeness (QED) is 0.473. The molecular formula is C21H22N4O4. The lowest BCUT2D eigenvalue weighted by Gasteiger charge is -2.08. The number of hydrogen-bond donors (Lipinski definition) is 2. The normalized spacial score (nSPS) is 11.1. The molecule has 0 aliphatic rings. The molecule has 0 atom stereocenters. The molecule has 3 rings (SSSR count). The number of aromatic nitrogens is 2. The first kappa shape index (κ1) is 19.9. The van der Waals surface area contributed by atoms with Crippen molar-refractivity contribution < 1.29 is 19.0 Å². The number of nitrogens with one attached hydrogen (secondary N) is 2. The van der Waals surface area contributed by atoms with Gasteiger partial charge < -0.3 is 14.2 Å². The highest BCUT2D eigenvalue weighted by molar-refractivity contribution is 6.00. The molecule has 0 unspecified atom stereocenters. The van der Waals surface area contributed by atoms with Crippen molar-refractivity contribution in [2.24, 2.45) is 5.10 Å². The van der Waals surface area contributed by atoms with Crippen LogP contribution in [0.5, 0.6) is 17.2 Å². The number of H-pyrrole nitrogens is 1. The van der Waals surface area contributed by atoms with E-state index < -0.39 is 5.91 Å². The van der Waals surface area contributed by atoms with Crippen molar-refractivity contribution in [3.8, 4) is 28.5 Å². The van der Waals surface area contributed by atoms with Crippen molar-refractivity contribution in [3.63, 3.8) is 0 Å². The molecule has 8 heteroatoms. The molecule has 2 aromatic carbocycles. The van der Waals surface area contributed by atoms with Crippen LogP contribution in [0.25, 0.3) is 11.3 Å². The maximum atomic E-state index is 12.4. The second kappa shape index (κ2) is 8.92. The standard InChI is InChI=1S/C21H22N4O4/c1-13(14-5-7-15(27-2)8-6-14)22-25-21(26)19-12-18(23-24-19)17-11-16(28-3)9-10-20(17)29-4/h5-12H,1-4H3,(H,23,24)(H,25,26). The van der Waals surface area contributed by atoms with Crippen molar-refractivity contribution in [2.75, 3.05) is 21.3 Å². The maximum absolute atomic E-state index is 12.4. The van der Waals surface area contributed by atoms with Crippen LogP contribution >= 0.6 is 0 Å². The Morgan fingerprint density at radius 3 is 2.31 bits per heavy atom. The zero-order chi connectivity index (χ0) is 20.8. The Bertz CT molecular complexity index is 1030. The average molecular weight is 394 g/mol. The van der Waals surface area contributed by atoms with Crippen molar-refractivity contribution in [1.29, 1.82) is 0 Å². The van der Waals surface area contributed by atoms with Crippen LogP contribution in [0.15, 0.2) is 53.6 Å². The number of hydrazone groups is 1. The molecule has 1 amide bonds. The molecule has 150 valence electrons. The number of carbonyl (C=O) groups is 1. The number of carbonyl (C=O) groups excluding carboxylic acids is 1. The van der Waals surface area contributed by atoms with Gasteiger partial charge in [-0.3, -0.25) is 9.89 Å². The molecule has 0 aliphatic heterocycles. The van der Waals surface area contributed by atoms with Crippen LogP contribution in [0.1, 0.15) is 23.0 Å². The molecule has 0 fully saturated rings. The van der Waals surface area contributed by atoms with Crippen LogP contribution in [0.3, 0.4) is 0 Å². The van der Waals surface area contributed by atoms with E-state index in [2.05, 4.69) is 20.7 Å². The van der Waals surface area contributed by atoms with E-state index >= 15 is 0 Å². The summed E-state index contributed by atoms with van der Waals surface area (Å²) >= 11 is 0. The zero-order valence-electron chi connectivity index (χ0n) is 16.6. The zero-order valence-corrected chi connectivity index (χ0v) is 16.6. The number of rotatable bonds is 7. The van der Waals surface area contributed by atoms with E-state index in [1.165, 1.54) is 0 Å². The largest absolute Gasteiger partial charge is 0.497 e. The number of hydrogen-bond acceptors (Lipinski definition) is 6. The highest BCUT2D eigenvalue weighted by Gasteiger charge is 2.15. The molecule has 2 N–H and O–H groups in total. The predicted octanol–water partition coefficient (Wildman–Crippen LogP) is 3.26. The Morgan fingerprint density at radius 2 is 1.66 bits per heavy atom. The minimum Gasteiger partial charge on any atom is -0.497 e. The predicted molar refractivity (Wildman–Crippen MR) is 110 cm³/mol. The van der Waals surface area contributed by atoms with Gasteiger partial charge in [-0.15, -0.1) is 0 Å². The van der Waals surface area contributed by atoms with Crippen molar-refractivity contribution >= 4 is 11.6 Å². The number of amides is 1. The molecule has 8 nitrogen and oxygen atoms in total. The van der Waals surface area contributed by atoms with Crippen LogP contribution < -0.4 is 19.6 Å². The Morgan fingerprint density at radius 1 is 0.966 bits per heavy atom. The second-order valence-corrected chi connectivity index (χ2v) is 6.10. The van der Waals surface area contributed by atoms with Crippen LogP contribution in [0.2, 0.25) is 0 Å². The third-order valence-electron chi connectivity index (χ3n) is 4.34. The van der Waals surface area contributed by atoms with Gasteiger partial charge in [-0.25, -0.2) is 5.43 Å². The summed E-state index contributed by atoms with van der Waals surface area (Å²) in [6.45, 7) is 1.81. The highest BCUT2D eigenvalue weighted by Crippen LogP contribution is 2.32. The third kappa shape index (κ3) is 4.55. The molecule has 0 saturated heterocycles. The maximum Gasteiger partial charge on any atom is 0.289 e. The average Bonchev–Trinajstić information content (AvgIpc) is 3.27. The third-order valence-corrected chi connectivity index (χ3v) is 4.34. The van der Waals surface area contributed by atoms with Gasteiger partial charge in [0, 0.05) is 5.56 Å². The minimum atomic E-state index is -0.404. The lowest BCUT2D eigenvalue weighted by Crippen LogP contribution is -2.19. The first-order valence-corrected chi connectivity index (χ1v) is 8.82. The van der Waals surface area contributed by atoms with E-state index in [1.54, 1.807) is 45.6 Å². The van der Waals surface area contributed by atoms with Crippen LogP contribution in [0.4, 0.5) is 0 Å². The van der Waals surface area contributed by atoms with Gasteiger partial charge in [0.1, 0.15) is 22.9 Å². The summed E-state index contributed by atoms with van der Waals surface area (Å²) in [7, 11) is 4.76. The molecular weight excluding hydrogens is 372 g/mol. The molecule has 29 heavy (non-hydrogen) atoms. The Hall–Kier alpha value is -3.81. The fraction of sp³-hybridized carbons (Fsp3) is 0.190. The topological polar surface area (TPSA) is 97.8 Å². The Balaban J connectivity index is 1.75. The summed E-state index contributed by atoms with van der Waals surface area (Å²) in [4.78, 5) is 12.4. The van der Waals surface area contributed by atoms with Gasteiger partial charge in [-0.1, -0.05) is 0 Å². The second-order valence-electron chi connectivity index (χ2n) is 6.10. The van der Waals surface area contributed by atoms with E-state index in [0.29, 0.717) is 28.5 Å². The summed E-state index contributed by atoms with van der Waals surface area (Å²) in [6, 6.07) is 14.4. The van der Waals surface area contributed by atoms with E-state index in [-0.39, 0.29) is 5.69 Å². The fourth-order valence-electron chi connectivity index (χ4n) is 2.68. The highest BCUT2D eigenvalue weighted by atomic mass is 16.5. The summed E-state index contributed by atoms with van der Waals surface area (Å²) in [5.41, 5.74) is 5.61. The van der Waals surface area contributed by atoms with Gasteiger partial charge >= 0.3 is 0 Å². The van der Waals surface area contributed by atoms with Gasteiger partial charge in [0.05, 0.1) is 32.7 Å². The van der Waals surface area contributed by atoms with Gasteiger partial charge in [-0.05, 0) is 61.0 Å². The molecule has 0 spiro atoms. The summed E-state index contributed by atoms with van der Waals surface area (Å²) in [6.07, 6.45) is 0. The number of benzene rings is 2. The number of ether oxygens (including phenoxy) is 3. The van der Waals surface area contributed by atoms with Crippen molar-refractivity contribution in [1.82, 2.24) is 15.6 Å². The number of aromatic amines is 1. The van der Waals surface area contributed by atoms with E-state index in [0.717, 1.165) is 11.3 Å². The first-order valence-electron chi connectivity index (χ1n) is 8.82. The lowest BCUT2D eigenvalue weighted by molar-refractivity contribution is 0.0950. The number of nitrogens with zero attached hydrogens (tertiary/aromatic N) is 2. The fourth-order valence-corrected chi connectivity index (χ4v) is 2.68. The van der Waals surface area contributed by atoms with Crippen LogP contribution in [-0.2, 0) is 0 Å². The lowest BCUT2D eigenvalue weighted by atomic mass is 10.1. The first-order chi connectivity index (χ1) is 14.0. The van der Waals surface area contributed by atoms with E-state index in [9.17, 15) is 4.79 Å². The van der Waals surface area contributed by atoms with Crippen LogP contribution in [0, 0.1) is 0 Å². The smallest absolute Gasteiger partial charge is 0.289 e. The summed E-state index contributed by atoms with van der Waals surface area (Å²) < 4.78 is 15.8. The molecule has 0 saturated carbocycles. The van der Waals surface area contributed by atoms with Crippen molar-refractivity contribution in [2.45, 2.75) is 6.92 Å². The Labute approximate surface area is 168 Å². The van der Waals surface area contributed by atoms with Gasteiger partial charge in [-0.2, -0.15) is 10.2 Å². The van der Waals surface area contributed by atoms with E-state index in [1.807, 2.05) is 31.2 Å². The van der Waals surface area contributed by atoms with Gasteiger partial charge in [0.2, 0.25) is 0 Å².